The molecular formula is C20H21N5. The van der Waals surface area contributed by atoms with Crippen molar-refractivity contribution in [3.05, 3.63) is 77.5 Å². The van der Waals surface area contributed by atoms with E-state index in [0.717, 1.165) is 31.7 Å². The maximum absolute atomic E-state index is 5.44. The number of nitrogen functional groups attached to an aromatic ring is 1. The SMILES string of the molecule is NNc1cc2c(nn1)CCN(Cc1ccc(-c3ccccc3)cc1)C2. The highest BCUT2D eigenvalue weighted by Crippen LogP contribution is 2.22. The first-order valence-corrected chi connectivity index (χ1v) is 8.50. The molecule has 3 aromatic rings. The van der Waals surface area contributed by atoms with Crippen molar-refractivity contribution in [2.24, 2.45) is 5.84 Å². The summed E-state index contributed by atoms with van der Waals surface area (Å²) in [4.78, 5) is 2.43. The van der Waals surface area contributed by atoms with Gasteiger partial charge in [-0.15, -0.1) is 5.10 Å². The maximum atomic E-state index is 5.44. The number of hydrogen-bond donors (Lipinski definition) is 2. The van der Waals surface area contributed by atoms with Crippen LogP contribution in [0.2, 0.25) is 0 Å². The molecule has 5 heteroatoms. The lowest BCUT2D eigenvalue weighted by molar-refractivity contribution is 0.242. The Kier molecular flexibility index (Phi) is 4.41. The molecule has 0 unspecified atom stereocenters. The monoisotopic (exact) mass is 331 g/mol. The van der Waals surface area contributed by atoms with E-state index < -0.39 is 0 Å². The summed E-state index contributed by atoms with van der Waals surface area (Å²) in [6.07, 6.45) is 0.926. The van der Waals surface area contributed by atoms with Gasteiger partial charge in [0.15, 0.2) is 5.82 Å². The molecule has 2 aromatic carbocycles. The van der Waals surface area contributed by atoms with E-state index >= 15 is 0 Å². The van der Waals surface area contributed by atoms with Crippen LogP contribution < -0.4 is 11.3 Å². The third-order valence-electron chi connectivity index (χ3n) is 4.63. The van der Waals surface area contributed by atoms with Gasteiger partial charge in [-0.3, -0.25) is 4.90 Å². The van der Waals surface area contributed by atoms with Crippen molar-refractivity contribution >= 4 is 5.82 Å². The van der Waals surface area contributed by atoms with E-state index in [1.807, 2.05) is 12.1 Å². The number of aromatic nitrogens is 2. The predicted octanol–water partition coefficient (Wildman–Crippen LogP) is 2.99. The summed E-state index contributed by atoms with van der Waals surface area (Å²) in [5.41, 5.74) is 8.68. The zero-order chi connectivity index (χ0) is 17.1. The van der Waals surface area contributed by atoms with Gasteiger partial charge in [0.25, 0.3) is 0 Å². The smallest absolute Gasteiger partial charge is 0.162 e. The summed E-state index contributed by atoms with van der Waals surface area (Å²) in [5, 5.41) is 8.31. The molecule has 25 heavy (non-hydrogen) atoms. The molecule has 5 nitrogen and oxygen atoms in total. The molecule has 0 spiro atoms. The standard InChI is InChI=1S/C20H21N5/c21-22-20-12-18-14-25(11-10-19(18)23-24-20)13-15-6-8-17(9-7-15)16-4-2-1-3-5-16/h1-9,12H,10-11,13-14,21H2,(H,22,24). The molecule has 126 valence electrons. The lowest BCUT2D eigenvalue weighted by Crippen LogP contribution is -2.31. The highest BCUT2D eigenvalue weighted by atomic mass is 15.3. The van der Waals surface area contributed by atoms with Gasteiger partial charge < -0.3 is 5.43 Å². The summed E-state index contributed by atoms with van der Waals surface area (Å²) in [7, 11) is 0. The van der Waals surface area contributed by atoms with Crippen molar-refractivity contribution in [3.63, 3.8) is 0 Å². The van der Waals surface area contributed by atoms with Crippen LogP contribution in [0.25, 0.3) is 11.1 Å². The normalized spacial score (nSPS) is 14.1. The van der Waals surface area contributed by atoms with Gasteiger partial charge in [-0.2, -0.15) is 5.10 Å². The molecular weight excluding hydrogens is 310 g/mol. The summed E-state index contributed by atoms with van der Waals surface area (Å²) in [6, 6.07) is 21.3. The number of rotatable bonds is 4. The van der Waals surface area contributed by atoms with Gasteiger partial charge in [0, 0.05) is 26.1 Å². The second-order valence-corrected chi connectivity index (χ2v) is 6.37. The van der Waals surface area contributed by atoms with Crippen LogP contribution in [0.1, 0.15) is 16.8 Å². The van der Waals surface area contributed by atoms with Crippen LogP contribution in [0.3, 0.4) is 0 Å². The minimum absolute atomic E-state index is 0.618. The number of nitrogens with one attached hydrogen (secondary N) is 1. The van der Waals surface area contributed by atoms with Crippen LogP contribution in [0.4, 0.5) is 5.82 Å². The zero-order valence-corrected chi connectivity index (χ0v) is 14.0. The van der Waals surface area contributed by atoms with Crippen LogP contribution in [0, 0.1) is 0 Å². The van der Waals surface area contributed by atoms with Crippen molar-refractivity contribution in [3.8, 4) is 11.1 Å². The minimum Gasteiger partial charge on any atom is -0.307 e. The van der Waals surface area contributed by atoms with E-state index in [1.165, 1.54) is 22.3 Å². The fraction of sp³-hybridized carbons (Fsp3) is 0.200. The van der Waals surface area contributed by atoms with Crippen LogP contribution in [0.5, 0.6) is 0 Å². The lowest BCUT2D eigenvalue weighted by Gasteiger charge is -2.28. The van der Waals surface area contributed by atoms with Crippen molar-refractivity contribution in [1.82, 2.24) is 15.1 Å². The summed E-state index contributed by atoms with van der Waals surface area (Å²) >= 11 is 0. The average Bonchev–Trinajstić information content (AvgIpc) is 2.68. The van der Waals surface area contributed by atoms with Crippen molar-refractivity contribution in [2.45, 2.75) is 19.5 Å². The number of fused-ring (bicyclic) bond motifs is 1. The number of nitrogens with two attached hydrogens (primary N) is 1. The molecule has 2 heterocycles. The van der Waals surface area contributed by atoms with E-state index in [2.05, 4.69) is 69.1 Å². The predicted molar refractivity (Wildman–Crippen MR) is 99.5 cm³/mol. The maximum Gasteiger partial charge on any atom is 0.162 e. The Morgan fingerprint density at radius 2 is 1.72 bits per heavy atom. The minimum atomic E-state index is 0.618. The largest absolute Gasteiger partial charge is 0.307 e. The fourth-order valence-corrected chi connectivity index (χ4v) is 3.28. The highest BCUT2D eigenvalue weighted by molar-refractivity contribution is 5.63. The second kappa shape index (κ2) is 7.01. The molecule has 0 radical (unpaired) electrons. The number of benzene rings is 2. The average molecular weight is 331 g/mol. The topological polar surface area (TPSA) is 67.1 Å². The molecule has 1 aliphatic rings. The van der Waals surface area contributed by atoms with Crippen LogP contribution in [0.15, 0.2) is 60.7 Å². The number of hydrogen-bond acceptors (Lipinski definition) is 5. The Labute approximate surface area is 147 Å². The van der Waals surface area contributed by atoms with Crippen molar-refractivity contribution < 1.29 is 0 Å². The van der Waals surface area contributed by atoms with Gasteiger partial charge in [-0.1, -0.05) is 54.6 Å². The quantitative estimate of drug-likeness (QED) is 0.568. The van der Waals surface area contributed by atoms with E-state index in [0.29, 0.717) is 5.82 Å². The molecule has 0 aliphatic carbocycles. The van der Waals surface area contributed by atoms with Crippen molar-refractivity contribution in [2.75, 3.05) is 12.0 Å². The molecule has 0 amide bonds. The zero-order valence-electron chi connectivity index (χ0n) is 14.0. The van der Waals surface area contributed by atoms with Crippen LogP contribution >= 0.6 is 0 Å². The Bertz CT molecular complexity index is 846. The number of nitrogens with zero attached hydrogens (tertiary/aromatic N) is 3. The Hall–Kier alpha value is -2.76. The third-order valence-corrected chi connectivity index (χ3v) is 4.63. The van der Waals surface area contributed by atoms with Crippen molar-refractivity contribution in [1.29, 1.82) is 0 Å². The van der Waals surface area contributed by atoms with Gasteiger partial charge in [0.05, 0.1) is 5.69 Å². The number of anilines is 1. The Balaban J connectivity index is 1.46. The van der Waals surface area contributed by atoms with E-state index in [-0.39, 0.29) is 0 Å². The summed E-state index contributed by atoms with van der Waals surface area (Å²) in [6.45, 7) is 2.81. The number of hydrazine groups is 1. The molecule has 1 aliphatic heterocycles. The van der Waals surface area contributed by atoms with Gasteiger partial charge >= 0.3 is 0 Å². The second-order valence-electron chi connectivity index (χ2n) is 6.37. The van der Waals surface area contributed by atoms with Gasteiger partial charge in [-0.05, 0) is 28.3 Å². The molecule has 1 aromatic heterocycles. The first-order valence-electron chi connectivity index (χ1n) is 8.50. The van der Waals surface area contributed by atoms with Crippen LogP contribution in [-0.2, 0) is 19.5 Å². The molecule has 0 fully saturated rings. The van der Waals surface area contributed by atoms with E-state index in [9.17, 15) is 0 Å². The first kappa shape index (κ1) is 15.7. The Morgan fingerprint density at radius 3 is 2.48 bits per heavy atom. The first-order chi connectivity index (χ1) is 12.3. The van der Waals surface area contributed by atoms with Crippen LogP contribution in [-0.4, -0.2) is 21.6 Å². The highest BCUT2D eigenvalue weighted by Gasteiger charge is 2.18. The lowest BCUT2D eigenvalue weighted by atomic mass is 10.0. The van der Waals surface area contributed by atoms with E-state index in [4.69, 9.17) is 5.84 Å². The Morgan fingerprint density at radius 1 is 0.960 bits per heavy atom. The molecule has 3 N–H and O–H groups in total. The molecule has 0 atom stereocenters. The summed E-state index contributed by atoms with van der Waals surface area (Å²) in [5.74, 6) is 6.06. The molecule has 4 rings (SSSR count). The van der Waals surface area contributed by atoms with Gasteiger partial charge in [-0.25, -0.2) is 5.84 Å². The fourth-order valence-electron chi connectivity index (χ4n) is 3.28. The molecule has 0 saturated carbocycles. The molecule has 0 bridgehead atoms. The van der Waals surface area contributed by atoms with Gasteiger partial charge in [0.2, 0.25) is 0 Å². The third kappa shape index (κ3) is 3.52. The molecule has 0 saturated heterocycles. The van der Waals surface area contributed by atoms with Gasteiger partial charge in [0.1, 0.15) is 0 Å². The summed E-state index contributed by atoms with van der Waals surface area (Å²) < 4.78 is 0. The van der Waals surface area contributed by atoms with E-state index in [1.54, 1.807) is 0 Å².